The summed E-state index contributed by atoms with van der Waals surface area (Å²) in [5.74, 6) is -1.68. The van der Waals surface area contributed by atoms with Gasteiger partial charge in [0.1, 0.15) is 0 Å². The standard InChI is InChI=1S/C35H43F2N5.C2H6/c1-8-30(38-9-2)33(24(4)35(7)21-34(5,6)39-22-35)41-31(17-13-25-12-16-28(36)29(37)20-25)26-14-15-27(23(3)19-26)32-11-10-18-40-42-32;1-2/h8,12,14-16,18-20,22,38H,9-11,13,17,21H2,1-7H3;1-2H3/b30-8-,33-24+,41-31?;. The third-order valence-electron chi connectivity index (χ3n) is 8.14. The number of benzene rings is 2. The molecule has 2 aromatic carbocycles. The number of nitrogens with zero attached hydrogens (tertiary/aromatic N) is 4. The normalized spacial score (nSPS) is 20.1. The monoisotopic (exact) mass is 601 g/mol. The SMILES string of the molecule is C/C=C(NCC)/C(N=C(CCc1ccc(F)c(F)c1)c1ccc(C2=NN=CCC2)c(C)c1)=C(/C)C1(C)C=NC(C)(C)C1.CC. The molecule has 1 N–H and O–H groups in total. The Balaban J connectivity index is 0.00000259. The fraction of sp³-hybridized carbons (Fsp3) is 0.459. The summed E-state index contributed by atoms with van der Waals surface area (Å²) in [6.07, 6.45) is 9.66. The van der Waals surface area contributed by atoms with Crippen LogP contribution in [0.1, 0.15) is 103 Å². The number of likely N-dealkylation sites (N-methyl/N-ethyl adjacent to an activating group) is 1. The van der Waals surface area contributed by atoms with Crippen molar-refractivity contribution in [1.82, 2.24) is 5.32 Å². The van der Waals surface area contributed by atoms with Crippen LogP contribution < -0.4 is 5.32 Å². The van der Waals surface area contributed by atoms with Crippen molar-refractivity contribution in [3.63, 3.8) is 0 Å². The molecular weight excluding hydrogens is 552 g/mol. The van der Waals surface area contributed by atoms with Gasteiger partial charge in [-0.25, -0.2) is 8.78 Å². The van der Waals surface area contributed by atoms with E-state index in [-0.39, 0.29) is 11.0 Å². The van der Waals surface area contributed by atoms with Gasteiger partial charge in [0.05, 0.1) is 22.6 Å². The van der Waals surface area contributed by atoms with Crippen LogP contribution in [-0.2, 0) is 6.42 Å². The molecule has 0 bridgehead atoms. The van der Waals surface area contributed by atoms with Gasteiger partial charge in [0.2, 0.25) is 0 Å². The predicted octanol–water partition coefficient (Wildman–Crippen LogP) is 9.34. The highest BCUT2D eigenvalue weighted by molar-refractivity contribution is 6.06. The number of rotatable bonds is 10. The Morgan fingerprint density at radius 1 is 1.07 bits per heavy atom. The second-order valence-electron chi connectivity index (χ2n) is 12.1. The molecule has 7 heteroatoms. The predicted molar refractivity (Wildman–Crippen MR) is 183 cm³/mol. The molecule has 44 heavy (non-hydrogen) atoms. The zero-order valence-corrected chi connectivity index (χ0v) is 28.0. The van der Waals surface area contributed by atoms with Crippen LogP contribution in [0.25, 0.3) is 0 Å². The molecule has 5 nitrogen and oxygen atoms in total. The van der Waals surface area contributed by atoms with E-state index in [0.717, 1.165) is 76.5 Å². The zero-order chi connectivity index (χ0) is 32.5. The van der Waals surface area contributed by atoms with Gasteiger partial charge in [-0.3, -0.25) is 9.98 Å². The van der Waals surface area contributed by atoms with Crippen LogP contribution in [0.5, 0.6) is 0 Å². The zero-order valence-electron chi connectivity index (χ0n) is 28.0. The van der Waals surface area contributed by atoms with E-state index in [4.69, 9.17) is 9.98 Å². The van der Waals surface area contributed by atoms with Crippen molar-refractivity contribution in [2.24, 2.45) is 25.6 Å². The fourth-order valence-corrected chi connectivity index (χ4v) is 5.80. The summed E-state index contributed by atoms with van der Waals surface area (Å²) >= 11 is 0. The molecule has 1 unspecified atom stereocenters. The topological polar surface area (TPSA) is 61.5 Å². The summed E-state index contributed by atoms with van der Waals surface area (Å²) in [7, 11) is 0. The van der Waals surface area contributed by atoms with Crippen LogP contribution >= 0.6 is 0 Å². The highest BCUT2D eigenvalue weighted by Crippen LogP contribution is 2.43. The number of hydrogen-bond acceptors (Lipinski definition) is 5. The van der Waals surface area contributed by atoms with Gasteiger partial charge in [0, 0.05) is 35.7 Å². The van der Waals surface area contributed by atoms with Crippen LogP contribution in [0.2, 0.25) is 0 Å². The highest BCUT2D eigenvalue weighted by atomic mass is 19.2. The summed E-state index contributed by atoms with van der Waals surface area (Å²) in [6.45, 7) is 19.6. The van der Waals surface area contributed by atoms with Crippen molar-refractivity contribution in [3.05, 3.63) is 93.3 Å². The van der Waals surface area contributed by atoms with Gasteiger partial charge in [-0.15, -0.1) is 0 Å². The lowest BCUT2D eigenvalue weighted by Gasteiger charge is -2.28. The number of allylic oxidation sites excluding steroid dienone is 2. The van der Waals surface area contributed by atoms with Gasteiger partial charge in [-0.05, 0) is 114 Å². The molecule has 236 valence electrons. The van der Waals surface area contributed by atoms with Gasteiger partial charge in [0.15, 0.2) is 11.6 Å². The number of aryl methyl sites for hydroxylation is 2. The van der Waals surface area contributed by atoms with Crippen molar-refractivity contribution < 1.29 is 8.78 Å². The van der Waals surface area contributed by atoms with Crippen LogP contribution in [0.3, 0.4) is 0 Å². The molecular formula is C37H49F2N5. The lowest BCUT2D eigenvalue weighted by molar-refractivity contribution is 0.408. The van der Waals surface area contributed by atoms with Crippen LogP contribution in [0, 0.1) is 24.0 Å². The van der Waals surface area contributed by atoms with Crippen molar-refractivity contribution >= 4 is 23.9 Å². The lowest BCUT2D eigenvalue weighted by Crippen LogP contribution is -2.26. The Labute approximate surface area is 263 Å². The lowest BCUT2D eigenvalue weighted by atomic mass is 9.76. The Morgan fingerprint density at radius 3 is 2.39 bits per heavy atom. The Morgan fingerprint density at radius 2 is 1.82 bits per heavy atom. The minimum Gasteiger partial charge on any atom is -0.384 e. The van der Waals surface area contributed by atoms with Gasteiger partial charge in [0.25, 0.3) is 0 Å². The third-order valence-corrected chi connectivity index (χ3v) is 8.14. The van der Waals surface area contributed by atoms with E-state index >= 15 is 0 Å². The van der Waals surface area contributed by atoms with Gasteiger partial charge >= 0.3 is 0 Å². The Kier molecular flexibility index (Phi) is 12.1. The number of hydrogen-bond donors (Lipinski definition) is 1. The summed E-state index contributed by atoms with van der Waals surface area (Å²) in [5.41, 5.74) is 8.34. The molecule has 0 radical (unpaired) electrons. The molecule has 2 heterocycles. The van der Waals surface area contributed by atoms with Crippen LogP contribution in [0.15, 0.2) is 79.6 Å². The van der Waals surface area contributed by atoms with Gasteiger partial charge in [-0.1, -0.05) is 45.0 Å². The molecule has 2 aromatic rings. The van der Waals surface area contributed by atoms with E-state index in [0.29, 0.717) is 12.8 Å². The average Bonchev–Trinajstić information content (AvgIpc) is 3.32. The van der Waals surface area contributed by atoms with Crippen molar-refractivity contribution in [1.29, 1.82) is 0 Å². The van der Waals surface area contributed by atoms with E-state index in [1.54, 1.807) is 6.07 Å². The minimum absolute atomic E-state index is 0.145. The Bertz CT molecular complexity index is 1510. The molecule has 1 atom stereocenters. The van der Waals surface area contributed by atoms with E-state index in [1.165, 1.54) is 12.1 Å². The molecule has 4 rings (SSSR count). The summed E-state index contributed by atoms with van der Waals surface area (Å²) in [4.78, 5) is 10.2. The second-order valence-corrected chi connectivity index (χ2v) is 12.1. The fourth-order valence-electron chi connectivity index (χ4n) is 5.80. The highest BCUT2D eigenvalue weighted by Gasteiger charge is 2.39. The molecule has 0 aliphatic carbocycles. The maximum atomic E-state index is 14.1. The molecule has 0 saturated heterocycles. The van der Waals surface area contributed by atoms with Gasteiger partial charge < -0.3 is 5.32 Å². The number of nitrogens with one attached hydrogen (secondary N) is 1. The average molecular weight is 602 g/mol. The third kappa shape index (κ3) is 8.46. The number of halogens is 2. The van der Waals surface area contributed by atoms with Crippen LogP contribution in [-0.4, -0.2) is 35.9 Å². The van der Waals surface area contributed by atoms with E-state index in [2.05, 4.69) is 87.6 Å². The molecule has 0 amide bonds. The Hall–Kier alpha value is -3.74. The van der Waals surface area contributed by atoms with E-state index < -0.39 is 11.6 Å². The maximum absolute atomic E-state index is 14.1. The minimum atomic E-state index is -0.840. The quantitative estimate of drug-likeness (QED) is 0.214. The largest absolute Gasteiger partial charge is 0.384 e. The first kappa shape index (κ1) is 34.7. The van der Waals surface area contributed by atoms with Crippen molar-refractivity contribution in [2.45, 2.75) is 100.0 Å². The molecule has 0 saturated carbocycles. The van der Waals surface area contributed by atoms with E-state index in [9.17, 15) is 8.78 Å². The summed E-state index contributed by atoms with van der Waals surface area (Å²) in [5, 5.41) is 12.0. The van der Waals surface area contributed by atoms with Crippen molar-refractivity contribution in [3.8, 4) is 0 Å². The molecule has 0 aromatic heterocycles. The first-order chi connectivity index (χ1) is 21.0. The maximum Gasteiger partial charge on any atom is 0.159 e. The first-order valence-electron chi connectivity index (χ1n) is 15.9. The first-order valence-corrected chi connectivity index (χ1v) is 15.9. The molecule has 0 fully saturated rings. The summed E-state index contributed by atoms with van der Waals surface area (Å²) in [6, 6.07) is 10.4. The smallest absolute Gasteiger partial charge is 0.159 e. The molecule has 2 aliphatic heterocycles. The van der Waals surface area contributed by atoms with Gasteiger partial charge in [-0.2, -0.15) is 10.2 Å². The second kappa shape index (κ2) is 15.3. The molecule has 2 aliphatic rings. The van der Waals surface area contributed by atoms with E-state index in [1.807, 2.05) is 27.0 Å². The summed E-state index contributed by atoms with van der Waals surface area (Å²) < 4.78 is 27.7. The van der Waals surface area contributed by atoms with Crippen molar-refractivity contribution in [2.75, 3.05) is 6.54 Å². The molecule has 0 spiro atoms. The number of aliphatic imine (C=N–C) groups is 2. The van der Waals surface area contributed by atoms with Crippen LogP contribution in [0.4, 0.5) is 8.78 Å².